The highest BCUT2D eigenvalue weighted by Crippen LogP contribution is 2.31. The average Bonchev–Trinajstić information content (AvgIpc) is 2.61. The topological polar surface area (TPSA) is 41.0 Å². The fraction of sp³-hybridized carbons (Fsp3) is 0.750. The predicted molar refractivity (Wildman–Crippen MR) is 80.3 cm³/mol. The Morgan fingerprint density at radius 3 is 2.75 bits per heavy atom. The third-order valence-electron chi connectivity index (χ3n) is 4.97. The Hall–Kier alpha value is -1.00. The molecular weight excluding hydrogens is 248 g/mol. The Labute approximate surface area is 122 Å². The molecule has 1 spiro atoms. The van der Waals surface area contributed by atoms with E-state index < -0.39 is 0 Å². The SMILES string of the molecule is CC1CCNC2(CCCCC2)CN1Cc1ncccn1. The Kier molecular flexibility index (Phi) is 4.32. The summed E-state index contributed by atoms with van der Waals surface area (Å²) < 4.78 is 0. The van der Waals surface area contributed by atoms with Crippen molar-refractivity contribution in [3.8, 4) is 0 Å². The lowest BCUT2D eigenvalue weighted by molar-refractivity contribution is 0.129. The summed E-state index contributed by atoms with van der Waals surface area (Å²) in [6.07, 6.45) is 11.7. The molecule has 2 heterocycles. The van der Waals surface area contributed by atoms with Crippen LogP contribution in [-0.2, 0) is 6.54 Å². The van der Waals surface area contributed by atoms with E-state index in [-0.39, 0.29) is 0 Å². The summed E-state index contributed by atoms with van der Waals surface area (Å²) in [5.41, 5.74) is 0.345. The largest absolute Gasteiger partial charge is 0.310 e. The molecule has 1 atom stereocenters. The monoisotopic (exact) mass is 274 g/mol. The number of hydrogen-bond acceptors (Lipinski definition) is 4. The number of rotatable bonds is 2. The van der Waals surface area contributed by atoms with Gasteiger partial charge in [0.15, 0.2) is 0 Å². The van der Waals surface area contributed by atoms with Crippen molar-refractivity contribution in [2.45, 2.75) is 63.6 Å². The van der Waals surface area contributed by atoms with Gasteiger partial charge in [-0.05, 0) is 38.8 Å². The van der Waals surface area contributed by atoms with E-state index in [1.54, 1.807) is 0 Å². The molecule has 1 N–H and O–H groups in total. The summed E-state index contributed by atoms with van der Waals surface area (Å²) in [7, 11) is 0. The minimum absolute atomic E-state index is 0.345. The minimum atomic E-state index is 0.345. The first-order valence-electron chi connectivity index (χ1n) is 8.02. The molecule has 4 heteroatoms. The van der Waals surface area contributed by atoms with Crippen LogP contribution in [0.15, 0.2) is 18.5 Å². The van der Waals surface area contributed by atoms with Gasteiger partial charge in [-0.3, -0.25) is 4.90 Å². The molecule has 0 radical (unpaired) electrons. The third kappa shape index (κ3) is 3.18. The highest BCUT2D eigenvalue weighted by atomic mass is 15.2. The third-order valence-corrected chi connectivity index (χ3v) is 4.97. The lowest BCUT2D eigenvalue weighted by Crippen LogP contribution is -2.53. The van der Waals surface area contributed by atoms with Crippen LogP contribution >= 0.6 is 0 Å². The Balaban J connectivity index is 1.73. The Morgan fingerprint density at radius 1 is 1.25 bits per heavy atom. The van der Waals surface area contributed by atoms with Gasteiger partial charge in [0, 0.05) is 30.5 Å². The average molecular weight is 274 g/mol. The molecule has 0 bridgehead atoms. The minimum Gasteiger partial charge on any atom is -0.310 e. The van der Waals surface area contributed by atoms with Crippen molar-refractivity contribution in [2.75, 3.05) is 13.1 Å². The maximum atomic E-state index is 4.40. The second kappa shape index (κ2) is 6.19. The van der Waals surface area contributed by atoms with Crippen LogP contribution in [0.2, 0.25) is 0 Å². The van der Waals surface area contributed by atoms with Crippen molar-refractivity contribution in [1.29, 1.82) is 0 Å². The fourth-order valence-electron chi connectivity index (χ4n) is 3.70. The van der Waals surface area contributed by atoms with Gasteiger partial charge in [0.2, 0.25) is 0 Å². The van der Waals surface area contributed by atoms with Gasteiger partial charge in [0.1, 0.15) is 5.82 Å². The van der Waals surface area contributed by atoms with E-state index >= 15 is 0 Å². The van der Waals surface area contributed by atoms with Gasteiger partial charge >= 0.3 is 0 Å². The van der Waals surface area contributed by atoms with Gasteiger partial charge in [-0.1, -0.05) is 19.3 Å². The zero-order valence-electron chi connectivity index (χ0n) is 12.5. The molecule has 0 amide bonds. The first-order valence-corrected chi connectivity index (χ1v) is 8.02. The van der Waals surface area contributed by atoms with Crippen LogP contribution in [0.3, 0.4) is 0 Å². The summed E-state index contributed by atoms with van der Waals surface area (Å²) in [5.74, 6) is 0.951. The molecule has 110 valence electrons. The fourth-order valence-corrected chi connectivity index (χ4v) is 3.70. The van der Waals surface area contributed by atoms with E-state index in [4.69, 9.17) is 0 Å². The van der Waals surface area contributed by atoms with Gasteiger partial charge in [-0.25, -0.2) is 9.97 Å². The molecule has 1 aliphatic heterocycles. The summed E-state index contributed by atoms with van der Waals surface area (Å²) in [4.78, 5) is 11.4. The van der Waals surface area contributed by atoms with Crippen molar-refractivity contribution in [3.05, 3.63) is 24.3 Å². The summed E-state index contributed by atoms with van der Waals surface area (Å²) in [6, 6.07) is 2.49. The van der Waals surface area contributed by atoms with Gasteiger partial charge in [0.25, 0.3) is 0 Å². The summed E-state index contributed by atoms with van der Waals surface area (Å²) in [6.45, 7) is 5.51. The standard InChI is InChI=1S/C16H26N4/c1-14-6-11-19-16(7-3-2-4-8-16)13-20(14)12-15-17-9-5-10-18-15/h5,9-10,14,19H,2-4,6-8,11-13H2,1H3. The second-order valence-electron chi connectivity index (χ2n) is 6.48. The number of hydrogen-bond donors (Lipinski definition) is 1. The van der Waals surface area contributed by atoms with Crippen LogP contribution in [0.4, 0.5) is 0 Å². The Bertz CT molecular complexity index is 414. The van der Waals surface area contributed by atoms with Crippen LogP contribution in [0.1, 0.15) is 51.3 Å². The molecule has 1 aliphatic carbocycles. The quantitative estimate of drug-likeness (QED) is 0.899. The van der Waals surface area contributed by atoms with Gasteiger partial charge < -0.3 is 5.32 Å². The zero-order chi connectivity index (χ0) is 13.8. The maximum Gasteiger partial charge on any atom is 0.142 e. The second-order valence-corrected chi connectivity index (χ2v) is 6.48. The van der Waals surface area contributed by atoms with Gasteiger partial charge in [-0.15, -0.1) is 0 Å². The molecule has 1 saturated heterocycles. The van der Waals surface area contributed by atoms with Gasteiger partial charge in [-0.2, -0.15) is 0 Å². The van der Waals surface area contributed by atoms with E-state index in [0.717, 1.165) is 25.5 Å². The number of aromatic nitrogens is 2. The van der Waals surface area contributed by atoms with Gasteiger partial charge in [0.05, 0.1) is 6.54 Å². The van der Waals surface area contributed by atoms with E-state index in [1.165, 1.54) is 38.5 Å². The van der Waals surface area contributed by atoms with Crippen LogP contribution in [-0.4, -0.2) is 39.5 Å². The Morgan fingerprint density at radius 2 is 2.00 bits per heavy atom. The maximum absolute atomic E-state index is 4.40. The lowest BCUT2D eigenvalue weighted by atomic mass is 9.81. The molecular formula is C16H26N4. The molecule has 0 aromatic carbocycles. The lowest BCUT2D eigenvalue weighted by Gasteiger charge is -2.40. The van der Waals surface area contributed by atoms with Crippen molar-refractivity contribution >= 4 is 0 Å². The van der Waals surface area contributed by atoms with Crippen LogP contribution < -0.4 is 5.32 Å². The smallest absolute Gasteiger partial charge is 0.142 e. The molecule has 1 saturated carbocycles. The van der Waals surface area contributed by atoms with Crippen LogP contribution in [0.25, 0.3) is 0 Å². The first-order chi connectivity index (χ1) is 9.77. The van der Waals surface area contributed by atoms with Crippen LogP contribution in [0, 0.1) is 0 Å². The van der Waals surface area contributed by atoms with Crippen molar-refractivity contribution < 1.29 is 0 Å². The first kappa shape index (κ1) is 14.0. The van der Waals surface area contributed by atoms with E-state index in [9.17, 15) is 0 Å². The van der Waals surface area contributed by atoms with E-state index in [2.05, 4.69) is 27.1 Å². The summed E-state index contributed by atoms with van der Waals surface area (Å²) >= 11 is 0. The molecule has 20 heavy (non-hydrogen) atoms. The van der Waals surface area contributed by atoms with Crippen molar-refractivity contribution in [1.82, 2.24) is 20.2 Å². The van der Waals surface area contributed by atoms with Crippen molar-refractivity contribution in [2.24, 2.45) is 0 Å². The molecule has 1 unspecified atom stereocenters. The normalized spacial score (nSPS) is 27.4. The van der Waals surface area contributed by atoms with Crippen LogP contribution in [0.5, 0.6) is 0 Å². The van der Waals surface area contributed by atoms with E-state index in [1.807, 2.05) is 18.5 Å². The summed E-state index contributed by atoms with van der Waals surface area (Å²) in [5, 5.41) is 3.86. The molecule has 4 nitrogen and oxygen atoms in total. The van der Waals surface area contributed by atoms with E-state index in [0.29, 0.717) is 11.6 Å². The number of nitrogens with one attached hydrogen (secondary N) is 1. The molecule has 3 rings (SSSR count). The zero-order valence-corrected chi connectivity index (χ0v) is 12.5. The molecule has 2 aliphatic rings. The number of nitrogens with zero attached hydrogens (tertiary/aromatic N) is 3. The highest BCUT2D eigenvalue weighted by Gasteiger charge is 2.36. The molecule has 1 aromatic heterocycles. The highest BCUT2D eigenvalue weighted by molar-refractivity contribution is 4.98. The predicted octanol–water partition coefficient (Wildman–Crippen LogP) is 2.36. The molecule has 2 fully saturated rings. The van der Waals surface area contributed by atoms with Crippen molar-refractivity contribution in [3.63, 3.8) is 0 Å². The molecule has 1 aromatic rings.